The van der Waals surface area contributed by atoms with E-state index in [2.05, 4.69) is 4.90 Å². The van der Waals surface area contributed by atoms with E-state index >= 15 is 0 Å². The fourth-order valence-corrected chi connectivity index (χ4v) is 3.09. The monoisotopic (exact) mass is 300 g/mol. The molecule has 0 bridgehead atoms. The van der Waals surface area contributed by atoms with Gasteiger partial charge in [0, 0.05) is 25.1 Å². The molecule has 1 fully saturated rings. The third-order valence-corrected chi connectivity index (χ3v) is 4.30. The Hall–Kier alpha value is -2.14. The largest absolute Gasteiger partial charge is 0.469 e. The van der Waals surface area contributed by atoms with Crippen molar-refractivity contribution in [1.29, 1.82) is 0 Å². The number of piperidine rings is 1. The number of nitro benzene ring substituents is 1. The molecule has 1 aromatic heterocycles. The third kappa shape index (κ3) is 3.74. The number of nitrogens with zero attached hydrogens (tertiary/aromatic N) is 2. The lowest BCUT2D eigenvalue weighted by atomic mass is 9.92. The molecule has 1 aliphatic heterocycles. The Bertz CT molecular complexity index is 617. The van der Waals surface area contributed by atoms with Crippen LogP contribution >= 0.6 is 0 Å². The van der Waals surface area contributed by atoms with Crippen molar-refractivity contribution in [2.24, 2.45) is 5.92 Å². The predicted octanol–water partition coefficient (Wildman–Crippen LogP) is 3.64. The van der Waals surface area contributed by atoms with Crippen molar-refractivity contribution in [2.75, 3.05) is 13.1 Å². The number of furan rings is 1. The van der Waals surface area contributed by atoms with Gasteiger partial charge in [-0.05, 0) is 49.5 Å². The maximum atomic E-state index is 10.8. The van der Waals surface area contributed by atoms with Gasteiger partial charge in [-0.15, -0.1) is 0 Å². The molecule has 0 saturated carbocycles. The van der Waals surface area contributed by atoms with E-state index in [1.54, 1.807) is 24.5 Å². The number of non-ortho nitro benzene ring substituents is 1. The van der Waals surface area contributed by atoms with Crippen LogP contribution in [0.3, 0.4) is 0 Å². The molecule has 0 amide bonds. The van der Waals surface area contributed by atoms with Crippen LogP contribution in [0.25, 0.3) is 0 Å². The smallest absolute Gasteiger partial charge is 0.269 e. The molecule has 5 nitrogen and oxygen atoms in total. The van der Waals surface area contributed by atoms with Gasteiger partial charge in [0.15, 0.2) is 0 Å². The highest BCUT2D eigenvalue weighted by atomic mass is 16.6. The zero-order valence-corrected chi connectivity index (χ0v) is 12.5. The van der Waals surface area contributed by atoms with Crippen LogP contribution in [0.1, 0.15) is 24.2 Å². The van der Waals surface area contributed by atoms with Crippen LogP contribution in [0, 0.1) is 16.0 Å². The van der Waals surface area contributed by atoms with E-state index in [9.17, 15) is 10.1 Å². The van der Waals surface area contributed by atoms with Crippen LogP contribution in [0.4, 0.5) is 5.69 Å². The van der Waals surface area contributed by atoms with E-state index in [4.69, 9.17) is 4.42 Å². The molecule has 2 aromatic rings. The van der Waals surface area contributed by atoms with Gasteiger partial charge in [0.2, 0.25) is 0 Å². The minimum atomic E-state index is -0.334. The Morgan fingerprint density at radius 3 is 2.73 bits per heavy atom. The van der Waals surface area contributed by atoms with Crippen molar-refractivity contribution in [3.8, 4) is 0 Å². The molecule has 116 valence electrons. The topological polar surface area (TPSA) is 59.5 Å². The standard InChI is InChI=1S/C17H20N2O3/c20-19(21)16-4-1-3-15(11-16)13-18-8-6-14(7-9-18)12-17-5-2-10-22-17/h1-5,10-11,14H,6-9,12-13H2. The van der Waals surface area contributed by atoms with E-state index < -0.39 is 0 Å². The van der Waals surface area contributed by atoms with E-state index in [1.165, 1.54) is 0 Å². The average molecular weight is 300 g/mol. The molecule has 0 radical (unpaired) electrons. The zero-order chi connectivity index (χ0) is 15.4. The van der Waals surface area contributed by atoms with Gasteiger partial charge in [0.1, 0.15) is 5.76 Å². The summed E-state index contributed by atoms with van der Waals surface area (Å²) in [6.07, 6.45) is 5.04. The Morgan fingerprint density at radius 2 is 2.05 bits per heavy atom. The van der Waals surface area contributed by atoms with Crippen molar-refractivity contribution in [1.82, 2.24) is 4.90 Å². The summed E-state index contributed by atoms with van der Waals surface area (Å²) in [7, 11) is 0. The first-order valence-electron chi connectivity index (χ1n) is 7.69. The molecule has 3 rings (SSSR count). The van der Waals surface area contributed by atoms with Gasteiger partial charge in [-0.3, -0.25) is 15.0 Å². The van der Waals surface area contributed by atoms with E-state index in [-0.39, 0.29) is 10.6 Å². The van der Waals surface area contributed by atoms with Gasteiger partial charge in [0.25, 0.3) is 5.69 Å². The molecule has 5 heteroatoms. The summed E-state index contributed by atoms with van der Waals surface area (Å²) < 4.78 is 5.42. The first-order chi connectivity index (χ1) is 10.7. The average Bonchev–Trinajstić information content (AvgIpc) is 3.02. The van der Waals surface area contributed by atoms with Gasteiger partial charge in [-0.2, -0.15) is 0 Å². The second-order valence-electron chi connectivity index (χ2n) is 5.93. The first kappa shape index (κ1) is 14.8. The van der Waals surface area contributed by atoms with Crippen LogP contribution in [0.5, 0.6) is 0 Å². The van der Waals surface area contributed by atoms with E-state index in [0.717, 1.165) is 50.2 Å². The van der Waals surface area contributed by atoms with Crippen molar-refractivity contribution in [3.05, 3.63) is 64.1 Å². The minimum Gasteiger partial charge on any atom is -0.469 e. The molecule has 0 aliphatic carbocycles. The second-order valence-corrected chi connectivity index (χ2v) is 5.93. The quantitative estimate of drug-likeness (QED) is 0.625. The van der Waals surface area contributed by atoms with Gasteiger partial charge < -0.3 is 4.42 Å². The van der Waals surface area contributed by atoms with Crippen molar-refractivity contribution < 1.29 is 9.34 Å². The van der Waals surface area contributed by atoms with Crippen LogP contribution in [-0.4, -0.2) is 22.9 Å². The zero-order valence-electron chi connectivity index (χ0n) is 12.5. The number of likely N-dealkylation sites (tertiary alicyclic amines) is 1. The Morgan fingerprint density at radius 1 is 1.23 bits per heavy atom. The van der Waals surface area contributed by atoms with Gasteiger partial charge in [-0.1, -0.05) is 12.1 Å². The van der Waals surface area contributed by atoms with E-state index in [0.29, 0.717) is 5.92 Å². The number of rotatable bonds is 5. The predicted molar refractivity (Wildman–Crippen MR) is 83.5 cm³/mol. The summed E-state index contributed by atoms with van der Waals surface area (Å²) in [5.74, 6) is 1.74. The summed E-state index contributed by atoms with van der Waals surface area (Å²) >= 11 is 0. The van der Waals surface area contributed by atoms with Gasteiger partial charge in [-0.25, -0.2) is 0 Å². The number of hydrogen-bond donors (Lipinski definition) is 0. The van der Waals surface area contributed by atoms with Crippen LogP contribution in [-0.2, 0) is 13.0 Å². The SMILES string of the molecule is O=[N+]([O-])c1cccc(CN2CCC(Cc3ccco3)CC2)c1. The summed E-state index contributed by atoms with van der Waals surface area (Å²) in [6.45, 7) is 2.86. The highest BCUT2D eigenvalue weighted by Gasteiger charge is 2.20. The van der Waals surface area contributed by atoms with Gasteiger partial charge >= 0.3 is 0 Å². The molecule has 1 aliphatic rings. The minimum absolute atomic E-state index is 0.171. The summed E-state index contributed by atoms with van der Waals surface area (Å²) in [5, 5.41) is 10.8. The van der Waals surface area contributed by atoms with Crippen LogP contribution in [0.2, 0.25) is 0 Å². The lowest BCUT2D eigenvalue weighted by Gasteiger charge is -2.31. The molecule has 0 unspecified atom stereocenters. The first-order valence-corrected chi connectivity index (χ1v) is 7.69. The number of benzene rings is 1. The molecule has 0 atom stereocenters. The molecule has 1 aromatic carbocycles. The Labute approximate surface area is 129 Å². The molecule has 22 heavy (non-hydrogen) atoms. The molecule has 0 spiro atoms. The van der Waals surface area contributed by atoms with Crippen molar-refractivity contribution in [2.45, 2.75) is 25.8 Å². The normalized spacial score (nSPS) is 16.7. The molecular weight excluding hydrogens is 280 g/mol. The van der Waals surface area contributed by atoms with Crippen molar-refractivity contribution in [3.63, 3.8) is 0 Å². The third-order valence-electron chi connectivity index (χ3n) is 4.30. The number of nitro groups is 1. The fraction of sp³-hybridized carbons (Fsp3) is 0.412. The molecule has 2 heterocycles. The highest BCUT2D eigenvalue weighted by molar-refractivity contribution is 5.34. The Kier molecular flexibility index (Phi) is 4.53. The van der Waals surface area contributed by atoms with Crippen LogP contribution in [0.15, 0.2) is 47.1 Å². The molecule has 1 saturated heterocycles. The summed E-state index contributed by atoms with van der Waals surface area (Å²) in [4.78, 5) is 12.9. The van der Waals surface area contributed by atoms with Crippen LogP contribution < -0.4 is 0 Å². The van der Waals surface area contributed by atoms with Crippen molar-refractivity contribution >= 4 is 5.69 Å². The van der Waals surface area contributed by atoms with E-state index in [1.807, 2.05) is 18.2 Å². The lowest BCUT2D eigenvalue weighted by Crippen LogP contribution is -2.33. The second kappa shape index (κ2) is 6.75. The molecule has 0 N–H and O–H groups in total. The lowest BCUT2D eigenvalue weighted by molar-refractivity contribution is -0.384. The Balaban J connectivity index is 1.51. The highest BCUT2D eigenvalue weighted by Crippen LogP contribution is 2.23. The maximum Gasteiger partial charge on any atom is 0.269 e. The maximum absolute atomic E-state index is 10.8. The number of hydrogen-bond acceptors (Lipinski definition) is 4. The summed E-state index contributed by atoms with van der Waals surface area (Å²) in [5.41, 5.74) is 1.18. The summed E-state index contributed by atoms with van der Waals surface area (Å²) in [6, 6.07) is 10.9. The molecular formula is C17H20N2O3. The van der Waals surface area contributed by atoms with Gasteiger partial charge in [0.05, 0.1) is 11.2 Å². The fourth-order valence-electron chi connectivity index (χ4n) is 3.09.